The molecule has 0 amide bonds. The molecule has 2 fully saturated rings. The monoisotopic (exact) mass is 467 g/mol. The van der Waals surface area contributed by atoms with Crippen molar-refractivity contribution in [3.63, 3.8) is 0 Å². The maximum Gasteiger partial charge on any atom is 0.139 e. The Morgan fingerprint density at radius 2 is 1.86 bits per heavy atom. The standard InChI is InChI=1S/C31H37N3O/c1-31-18-17-27-26-13-10-23(20-24(26)11-14-28(27)29(31)15-16-30(31)35)8-5-19-34-21-25(32-33-34)12-9-22-6-3-2-4-7-22/h2-4,6-7,10,13,20-21,27-29H,5,8-9,11-12,14-19H2,1H3/t27-,28-,29+,31+/m1/s1. The third-order valence-corrected chi connectivity index (χ3v) is 9.45. The molecule has 0 N–H and O–H groups in total. The smallest absolute Gasteiger partial charge is 0.139 e. The third-order valence-electron chi connectivity index (χ3n) is 9.45. The molecule has 2 aromatic carbocycles. The molecule has 1 heterocycles. The quantitative estimate of drug-likeness (QED) is 0.420. The van der Waals surface area contributed by atoms with E-state index < -0.39 is 0 Å². The zero-order valence-electron chi connectivity index (χ0n) is 21.0. The summed E-state index contributed by atoms with van der Waals surface area (Å²) in [6, 6.07) is 17.9. The highest BCUT2D eigenvalue weighted by molar-refractivity contribution is 5.87. The normalized spacial score (nSPS) is 27.3. The number of aromatic nitrogens is 3. The number of benzene rings is 2. The average Bonchev–Trinajstić information content (AvgIpc) is 3.46. The van der Waals surface area contributed by atoms with Gasteiger partial charge in [-0.1, -0.05) is 60.7 Å². The zero-order chi connectivity index (χ0) is 23.8. The van der Waals surface area contributed by atoms with Gasteiger partial charge in [0.05, 0.1) is 5.69 Å². The Labute approximate surface area is 209 Å². The Bertz CT molecular complexity index is 1200. The molecule has 0 saturated heterocycles. The van der Waals surface area contributed by atoms with Crippen molar-refractivity contribution in [2.45, 2.75) is 83.6 Å². The largest absolute Gasteiger partial charge is 0.299 e. The predicted octanol–water partition coefficient (Wildman–Crippen LogP) is 6.12. The Morgan fingerprint density at radius 1 is 0.971 bits per heavy atom. The van der Waals surface area contributed by atoms with Crippen LogP contribution < -0.4 is 0 Å². The predicted molar refractivity (Wildman–Crippen MR) is 138 cm³/mol. The number of hydrogen-bond acceptors (Lipinski definition) is 3. The van der Waals surface area contributed by atoms with Crippen LogP contribution in [0.3, 0.4) is 0 Å². The minimum absolute atomic E-state index is 0.0264. The van der Waals surface area contributed by atoms with Crippen molar-refractivity contribution < 1.29 is 4.79 Å². The maximum absolute atomic E-state index is 12.6. The highest BCUT2D eigenvalue weighted by atomic mass is 16.1. The molecule has 4 atom stereocenters. The maximum atomic E-state index is 12.6. The Balaban J connectivity index is 1.04. The van der Waals surface area contributed by atoms with Gasteiger partial charge in [0.1, 0.15) is 5.78 Å². The number of fused-ring (bicyclic) bond motifs is 5. The average molecular weight is 468 g/mol. The van der Waals surface area contributed by atoms with E-state index in [0.717, 1.165) is 57.2 Å². The van der Waals surface area contributed by atoms with Crippen molar-refractivity contribution in [3.05, 3.63) is 82.7 Å². The summed E-state index contributed by atoms with van der Waals surface area (Å²) in [5.41, 5.74) is 7.00. The van der Waals surface area contributed by atoms with Crippen molar-refractivity contribution in [3.8, 4) is 0 Å². The lowest BCUT2D eigenvalue weighted by molar-refractivity contribution is -0.129. The first kappa shape index (κ1) is 22.7. The fraction of sp³-hybridized carbons (Fsp3) is 0.516. The topological polar surface area (TPSA) is 47.8 Å². The molecular weight excluding hydrogens is 430 g/mol. The number of carbonyl (C=O) groups excluding carboxylic acids is 1. The number of Topliss-reactive ketones (excluding diaryl/α,β-unsaturated/α-hetero) is 1. The van der Waals surface area contributed by atoms with Crippen LogP contribution in [0.5, 0.6) is 0 Å². The lowest BCUT2D eigenvalue weighted by Gasteiger charge is -2.48. The van der Waals surface area contributed by atoms with Gasteiger partial charge in [-0.3, -0.25) is 9.48 Å². The lowest BCUT2D eigenvalue weighted by Crippen LogP contribution is -2.42. The van der Waals surface area contributed by atoms with Gasteiger partial charge in [-0.2, -0.15) is 0 Å². The second kappa shape index (κ2) is 9.37. The van der Waals surface area contributed by atoms with E-state index in [-0.39, 0.29) is 5.41 Å². The molecule has 4 nitrogen and oxygen atoms in total. The molecule has 0 radical (unpaired) electrons. The summed E-state index contributed by atoms with van der Waals surface area (Å²) in [7, 11) is 0. The zero-order valence-corrected chi connectivity index (χ0v) is 21.0. The number of carbonyl (C=O) groups is 1. The van der Waals surface area contributed by atoms with Crippen LogP contribution in [-0.4, -0.2) is 20.8 Å². The molecular formula is C31H37N3O. The number of ketones is 1. The summed E-state index contributed by atoms with van der Waals surface area (Å²) in [6.45, 7) is 3.18. The second-order valence-electron chi connectivity index (χ2n) is 11.4. The number of nitrogens with zero attached hydrogens (tertiary/aromatic N) is 3. The van der Waals surface area contributed by atoms with Crippen LogP contribution in [0.25, 0.3) is 0 Å². The Kier molecular flexibility index (Phi) is 6.07. The summed E-state index contributed by atoms with van der Waals surface area (Å²) in [6.07, 6.45) is 12.9. The van der Waals surface area contributed by atoms with E-state index in [0.29, 0.717) is 23.5 Å². The van der Waals surface area contributed by atoms with Gasteiger partial charge in [0, 0.05) is 24.6 Å². The van der Waals surface area contributed by atoms with Crippen molar-refractivity contribution in [2.75, 3.05) is 0 Å². The van der Waals surface area contributed by atoms with Crippen LogP contribution in [-0.2, 0) is 37.0 Å². The van der Waals surface area contributed by atoms with E-state index in [4.69, 9.17) is 0 Å². The van der Waals surface area contributed by atoms with Gasteiger partial charge in [0.25, 0.3) is 0 Å². The molecule has 35 heavy (non-hydrogen) atoms. The van der Waals surface area contributed by atoms with Gasteiger partial charge in [-0.15, -0.1) is 5.10 Å². The first-order valence-corrected chi connectivity index (χ1v) is 13.7. The second-order valence-corrected chi connectivity index (χ2v) is 11.4. The van der Waals surface area contributed by atoms with E-state index in [1.807, 2.05) is 4.68 Å². The van der Waals surface area contributed by atoms with Gasteiger partial charge < -0.3 is 0 Å². The fourth-order valence-corrected chi connectivity index (χ4v) is 7.49. The third kappa shape index (κ3) is 4.37. The minimum atomic E-state index is -0.0264. The van der Waals surface area contributed by atoms with E-state index in [2.05, 4.69) is 72.0 Å². The van der Waals surface area contributed by atoms with Crippen molar-refractivity contribution in [2.24, 2.45) is 17.3 Å². The van der Waals surface area contributed by atoms with Crippen LogP contribution in [0, 0.1) is 17.3 Å². The SMILES string of the molecule is C[C@]12CC[C@@H]3c4ccc(CCCn5cc(CCc6ccccc6)nn5)cc4CC[C@H]3[C@@H]1CCC2=O. The first-order valence-electron chi connectivity index (χ1n) is 13.7. The van der Waals surface area contributed by atoms with Crippen LogP contribution in [0.2, 0.25) is 0 Å². The molecule has 182 valence electrons. The molecule has 3 aromatic rings. The summed E-state index contributed by atoms with van der Waals surface area (Å²) in [5.74, 6) is 2.53. The van der Waals surface area contributed by atoms with Gasteiger partial charge in [0.2, 0.25) is 0 Å². The van der Waals surface area contributed by atoms with E-state index in [1.165, 1.54) is 30.4 Å². The van der Waals surface area contributed by atoms with Crippen molar-refractivity contribution in [1.82, 2.24) is 15.0 Å². The van der Waals surface area contributed by atoms with Gasteiger partial charge in [-0.05, 0) is 97.8 Å². The van der Waals surface area contributed by atoms with Crippen LogP contribution in [0.1, 0.15) is 79.3 Å². The summed E-state index contributed by atoms with van der Waals surface area (Å²) in [4.78, 5) is 12.6. The molecule has 1 aromatic heterocycles. The summed E-state index contributed by atoms with van der Waals surface area (Å²) in [5, 5.41) is 8.73. The van der Waals surface area contributed by atoms with E-state index in [1.54, 1.807) is 11.1 Å². The molecule has 3 aliphatic rings. The van der Waals surface area contributed by atoms with E-state index in [9.17, 15) is 4.79 Å². The minimum Gasteiger partial charge on any atom is -0.299 e. The molecule has 6 rings (SSSR count). The number of hydrogen-bond donors (Lipinski definition) is 0. The molecule has 3 aliphatic carbocycles. The molecule has 4 heteroatoms. The fourth-order valence-electron chi connectivity index (χ4n) is 7.49. The number of rotatable bonds is 7. The summed E-state index contributed by atoms with van der Waals surface area (Å²) >= 11 is 0. The van der Waals surface area contributed by atoms with Gasteiger partial charge in [0.15, 0.2) is 0 Å². The molecule has 0 aliphatic heterocycles. The van der Waals surface area contributed by atoms with Gasteiger partial charge >= 0.3 is 0 Å². The van der Waals surface area contributed by atoms with E-state index >= 15 is 0 Å². The molecule has 2 saturated carbocycles. The Hall–Kier alpha value is -2.75. The van der Waals surface area contributed by atoms with Gasteiger partial charge in [-0.25, -0.2) is 0 Å². The lowest BCUT2D eigenvalue weighted by atomic mass is 9.55. The van der Waals surface area contributed by atoms with Crippen molar-refractivity contribution in [1.29, 1.82) is 0 Å². The first-order chi connectivity index (χ1) is 17.1. The number of aryl methyl sites for hydroxylation is 5. The molecule has 0 unspecified atom stereocenters. The highest BCUT2D eigenvalue weighted by Gasteiger charge is 2.54. The van der Waals surface area contributed by atoms with Crippen LogP contribution in [0.4, 0.5) is 0 Å². The summed E-state index contributed by atoms with van der Waals surface area (Å²) < 4.78 is 2.01. The van der Waals surface area contributed by atoms with Crippen LogP contribution >= 0.6 is 0 Å². The van der Waals surface area contributed by atoms with Crippen molar-refractivity contribution >= 4 is 5.78 Å². The van der Waals surface area contributed by atoms with Crippen LogP contribution in [0.15, 0.2) is 54.7 Å². The molecule has 0 spiro atoms. The molecule has 0 bridgehead atoms. The highest BCUT2D eigenvalue weighted by Crippen LogP contribution is 2.59. The Morgan fingerprint density at radius 3 is 2.74 bits per heavy atom.